The number of hydrogen-bond acceptors (Lipinski definition) is 6. The van der Waals surface area contributed by atoms with Gasteiger partial charge in [0.15, 0.2) is 0 Å². The van der Waals surface area contributed by atoms with Crippen LogP contribution in [0.4, 0.5) is 0 Å². The fourth-order valence-corrected chi connectivity index (χ4v) is 5.29. The minimum Gasteiger partial charge on any atom is -0.495 e. The van der Waals surface area contributed by atoms with Crippen molar-refractivity contribution < 1.29 is 22.7 Å². The van der Waals surface area contributed by atoms with Crippen molar-refractivity contribution in [1.82, 2.24) is 14.5 Å². The minimum atomic E-state index is -3.80. The average Bonchev–Trinajstić information content (AvgIpc) is 2.86. The molecule has 0 unspecified atom stereocenters. The van der Waals surface area contributed by atoms with Crippen LogP contribution in [0.1, 0.15) is 35.3 Å². The van der Waals surface area contributed by atoms with Crippen LogP contribution in [0.3, 0.4) is 0 Å². The van der Waals surface area contributed by atoms with Gasteiger partial charge < -0.3 is 14.8 Å². The first-order chi connectivity index (χ1) is 15.9. The third-order valence-electron chi connectivity index (χ3n) is 5.79. The molecule has 1 saturated heterocycles. The molecule has 9 heteroatoms. The molecule has 0 bridgehead atoms. The summed E-state index contributed by atoms with van der Waals surface area (Å²) in [4.78, 5) is 15.1. The smallest absolute Gasteiger partial charge is 0.251 e. The fourth-order valence-electron chi connectivity index (χ4n) is 3.70. The maximum Gasteiger partial charge on any atom is 0.251 e. The van der Waals surface area contributed by atoms with Gasteiger partial charge >= 0.3 is 0 Å². The van der Waals surface area contributed by atoms with Crippen LogP contribution in [0.15, 0.2) is 47.4 Å². The lowest BCUT2D eigenvalue weighted by atomic mass is 10.1. The van der Waals surface area contributed by atoms with Crippen LogP contribution >= 0.6 is 0 Å². The van der Waals surface area contributed by atoms with Crippen molar-refractivity contribution in [1.29, 1.82) is 0 Å². The normalized spacial score (nSPS) is 14.9. The van der Waals surface area contributed by atoms with Crippen molar-refractivity contribution in [3.63, 3.8) is 0 Å². The summed E-state index contributed by atoms with van der Waals surface area (Å²) in [5.74, 6) is -0.134. The van der Waals surface area contributed by atoms with E-state index in [2.05, 4.69) is 36.2 Å². The summed E-state index contributed by atoms with van der Waals surface area (Å²) in [6.07, 6.45) is 0. The number of amides is 1. The van der Waals surface area contributed by atoms with Gasteiger partial charge in [-0.25, -0.2) is 8.42 Å². The Morgan fingerprint density at radius 3 is 2.30 bits per heavy atom. The van der Waals surface area contributed by atoms with Crippen LogP contribution in [0.2, 0.25) is 0 Å². The molecule has 3 rings (SSSR count). The third-order valence-corrected chi connectivity index (χ3v) is 7.71. The second-order valence-corrected chi connectivity index (χ2v) is 9.75. The maximum atomic E-state index is 13.1. The molecule has 8 nitrogen and oxygen atoms in total. The van der Waals surface area contributed by atoms with Gasteiger partial charge in [0.1, 0.15) is 10.6 Å². The number of sulfonamides is 1. The zero-order valence-electron chi connectivity index (χ0n) is 19.5. The van der Waals surface area contributed by atoms with Gasteiger partial charge in [-0.05, 0) is 42.4 Å². The highest BCUT2D eigenvalue weighted by Gasteiger charge is 2.30. The Balaban J connectivity index is 1.69. The van der Waals surface area contributed by atoms with Crippen LogP contribution in [0.25, 0.3) is 0 Å². The standard InChI is InChI=1S/C24H33N3O5S/c1-4-26(5-2)18-20-8-6-19(7-9-20)17-25-24(28)21-10-11-22(31-3)23(16-21)33(29,30)27-12-14-32-15-13-27/h6-11,16H,4-5,12-15,17-18H2,1-3H3,(H,25,28). The topological polar surface area (TPSA) is 88.2 Å². The molecule has 0 aromatic heterocycles. The number of morpholine rings is 1. The van der Waals surface area contributed by atoms with Gasteiger partial charge in [0, 0.05) is 31.7 Å². The monoisotopic (exact) mass is 475 g/mol. The molecule has 2 aromatic carbocycles. The molecule has 1 N–H and O–H groups in total. The van der Waals surface area contributed by atoms with Gasteiger partial charge in [-0.15, -0.1) is 0 Å². The van der Waals surface area contributed by atoms with Crippen molar-refractivity contribution in [3.8, 4) is 5.75 Å². The quantitative estimate of drug-likeness (QED) is 0.568. The number of ether oxygens (including phenoxy) is 2. The van der Waals surface area contributed by atoms with E-state index in [4.69, 9.17) is 9.47 Å². The molecule has 1 aliphatic rings. The molecule has 0 aliphatic carbocycles. The first-order valence-electron chi connectivity index (χ1n) is 11.2. The minimum absolute atomic E-state index is 0.0136. The van der Waals surface area contributed by atoms with E-state index in [-0.39, 0.29) is 35.2 Å². The molecular formula is C24H33N3O5S. The summed E-state index contributed by atoms with van der Waals surface area (Å²) in [7, 11) is -2.39. The summed E-state index contributed by atoms with van der Waals surface area (Å²) in [5, 5.41) is 2.87. The van der Waals surface area contributed by atoms with E-state index in [1.807, 2.05) is 12.1 Å². The number of benzene rings is 2. The molecule has 0 spiro atoms. The van der Waals surface area contributed by atoms with E-state index in [0.717, 1.165) is 25.2 Å². The summed E-state index contributed by atoms with van der Waals surface area (Å²) in [5.41, 5.74) is 2.46. The summed E-state index contributed by atoms with van der Waals surface area (Å²) < 4.78 is 38.1. The van der Waals surface area contributed by atoms with Crippen molar-refractivity contribution in [2.45, 2.75) is 31.8 Å². The van der Waals surface area contributed by atoms with E-state index in [9.17, 15) is 13.2 Å². The van der Waals surface area contributed by atoms with Crippen molar-refractivity contribution >= 4 is 15.9 Å². The van der Waals surface area contributed by atoms with E-state index in [1.165, 1.54) is 29.1 Å². The zero-order valence-corrected chi connectivity index (χ0v) is 20.4. The molecule has 1 aliphatic heterocycles. The predicted molar refractivity (Wildman–Crippen MR) is 127 cm³/mol. The Morgan fingerprint density at radius 1 is 1.06 bits per heavy atom. The first kappa shape index (κ1) is 25.2. The highest BCUT2D eigenvalue weighted by molar-refractivity contribution is 7.89. The van der Waals surface area contributed by atoms with Crippen molar-refractivity contribution in [2.24, 2.45) is 0 Å². The van der Waals surface area contributed by atoms with Crippen molar-refractivity contribution in [2.75, 3.05) is 46.5 Å². The van der Waals surface area contributed by atoms with E-state index in [1.54, 1.807) is 6.07 Å². The maximum absolute atomic E-state index is 13.1. The average molecular weight is 476 g/mol. The lowest BCUT2D eigenvalue weighted by molar-refractivity contribution is 0.0729. The Hall–Kier alpha value is -2.46. The van der Waals surface area contributed by atoms with E-state index < -0.39 is 10.0 Å². The molecule has 0 atom stereocenters. The van der Waals surface area contributed by atoms with E-state index in [0.29, 0.717) is 19.8 Å². The fraction of sp³-hybridized carbons (Fsp3) is 0.458. The number of nitrogens with zero attached hydrogens (tertiary/aromatic N) is 2. The predicted octanol–water partition coefficient (Wildman–Crippen LogP) is 2.49. The molecule has 180 valence electrons. The van der Waals surface area contributed by atoms with Crippen LogP contribution in [0, 0.1) is 0 Å². The second kappa shape index (κ2) is 11.6. The number of rotatable bonds is 10. The Kier molecular flexibility index (Phi) is 8.85. The molecule has 33 heavy (non-hydrogen) atoms. The molecule has 1 amide bonds. The number of methoxy groups -OCH3 is 1. The number of hydrogen-bond donors (Lipinski definition) is 1. The van der Waals surface area contributed by atoms with Crippen LogP contribution in [-0.4, -0.2) is 70.0 Å². The highest BCUT2D eigenvalue weighted by atomic mass is 32.2. The first-order valence-corrected chi connectivity index (χ1v) is 12.7. The Labute approximate surface area is 196 Å². The van der Waals surface area contributed by atoms with Gasteiger partial charge in [-0.3, -0.25) is 9.69 Å². The van der Waals surface area contributed by atoms with Gasteiger partial charge in [-0.1, -0.05) is 38.1 Å². The van der Waals surface area contributed by atoms with Gasteiger partial charge in [0.05, 0.1) is 20.3 Å². The van der Waals surface area contributed by atoms with Crippen molar-refractivity contribution in [3.05, 3.63) is 59.2 Å². The van der Waals surface area contributed by atoms with Gasteiger partial charge in [0.2, 0.25) is 10.0 Å². The van der Waals surface area contributed by atoms with Crippen LogP contribution < -0.4 is 10.1 Å². The highest BCUT2D eigenvalue weighted by Crippen LogP contribution is 2.28. The molecule has 1 heterocycles. The lowest BCUT2D eigenvalue weighted by Gasteiger charge is -2.26. The Bertz CT molecular complexity index is 1030. The molecule has 1 fully saturated rings. The molecular weight excluding hydrogens is 442 g/mol. The number of carbonyl (C=O) groups excluding carboxylic acids is 1. The SMILES string of the molecule is CCN(CC)Cc1ccc(CNC(=O)c2ccc(OC)c(S(=O)(=O)N3CCOCC3)c2)cc1. The van der Waals surface area contributed by atoms with E-state index >= 15 is 0 Å². The lowest BCUT2D eigenvalue weighted by Crippen LogP contribution is -2.40. The summed E-state index contributed by atoms with van der Waals surface area (Å²) in [6.45, 7) is 8.75. The van der Waals surface area contributed by atoms with Gasteiger partial charge in [0.25, 0.3) is 5.91 Å². The molecule has 2 aromatic rings. The third kappa shape index (κ3) is 6.32. The molecule has 0 saturated carbocycles. The number of carbonyl (C=O) groups is 1. The second-order valence-electron chi connectivity index (χ2n) is 7.84. The largest absolute Gasteiger partial charge is 0.495 e. The van der Waals surface area contributed by atoms with Crippen LogP contribution in [0.5, 0.6) is 5.75 Å². The zero-order chi connectivity index (χ0) is 23.8. The Morgan fingerprint density at radius 2 is 1.70 bits per heavy atom. The summed E-state index contributed by atoms with van der Waals surface area (Å²) in [6, 6.07) is 12.6. The van der Waals surface area contributed by atoms with Crippen LogP contribution in [-0.2, 0) is 27.8 Å². The number of nitrogens with one attached hydrogen (secondary N) is 1. The summed E-state index contributed by atoms with van der Waals surface area (Å²) >= 11 is 0. The molecule has 0 radical (unpaired) electrons. The van der Waals surface area contributed by atoms with Gasteiger partial charge in [-0.2, -0.15) is 4.31 Å².